The molecule has 6 nitrogen and oxygen atoms in total. The van der Waals surface area contributed by atoms with E-state index in [-0.39, 0.29) is 5.91 Å². The lowest BCUT2D eigenvalue weighted by Crippen LogP contribution is -2.56. The summed E-state index contributed by atoms with van der Waals surface area (Å²) < 4.78 is 0. The number of carbonyl (C=O) groups excluding carboxylic acids is 1. The molecule has 2 fully saturated rings. The minimum absolute atomic E-state index is 0.187. The van der Waals surface area contributed by atoms with Gasteiger partial charge in [0.2, 0.25) is 5.91 Å². The normalized spacial score (nSPS) is 22.1. The summed E-state index contributed by atoms with van der Waals surface area (Å²) in [6.07, 6.45) is 5.70. The van der Waals surface area contributed by atoms with Crippen molar-refractivity contribution < 1.29 is 4.79 Å². The van der Waals surface area contributed by atoms with Crippen LogP contribution in [0, 0.1) is 5.92 Å². The molecule has 0 saturated carbocycles. The Balaban J connectivity index is 1.14. The molecule has 0 aliphatic carbocycles. The number of aromatic nitrogens is 1. The Labute approximate surface area is 215 Å². The fraction of sp³-hybridized carbons (Fsp3) is 0.500. The summed E-state index contributed by atoms with van der Waals surface area (Å²) in [7, 11) is 2.22. The summed E-state index contributed by atoms with van der Waals surface area (Å²) in [5.41, 5.74) is 3.81. The van der Waals surface area contributed by atoms with Crippen molar-refractivity contribution in [3.8, 4) is 0 Å². The van der Waals surface area contributed by atoms with Gasteiger partial charge in [-0.2, -0.15) is 0 Å². The number of rotatable bonds is 9. The van der Waals surface area contributed by atoms with Crippen LogP contribution in [0.1, 0.15) is 30.4 Å². The van der Waals surface area contributed by atoms with Gasteiger partial charge in [0.05, 0.1) is 0 Å². The van der Waals surface area contributed by atoms with E-state index in [0.29, 0.717) is 24.9 Å². The number of piperazine rings is 1. The number of likely N-dealkylation sites (N-methyl/N-ethyl adjacent to an activating group) is 1. The highest BCUT2D eigenvalue weighted by atomic mass is 16.1. The first-order chi connectivity index (χ1) is 17.7. The molecule has 0 spiro atoms. The molecule has 5 rings (SSSR count). The Hall–Kier alpha value is -2.67. The van der Waals surface area contributed by atoms with Crippen LogP contribution < -0.4 is 5.32 Å². The first kappa shape index (κ1) is 25.0. The minimum atomic E-state index is 0.187. The molecule has 2 atom stereocenters. The predicted molar refractivity (Wildman–Crippen MR) is 147 cm³/mol. The molecule has 6 heteroatoms. The zero-order chi connectivity index (χ0) is 24.7. The Morgan fingerprint density at radius 1 is 1.00 bits per heavy atom. The average Bonchev–Trinajstić information content (AvgIpc) is 3.32. The van der Waals surface area contributed by atoms with Crippen molar-refractivity contribution in [2.24, 2.45) is 5.92 Å². The fourth-order valence-corrected chi connectivity index (χ4v) is 6.08. The first-order valence-electron chi connectivity index (χ1n) is 13.7. The number of hydrogen-bond donors (Lipinski definition) is 2. The maximum absolute atomic E-state index is 12.8. The molecule has 2 N–H and O–H groups in total. The van der Waals surface area contributed by atoms with Gasteiger partial charge in [0, 0.05) is 75.4 Å². The van der Waals surface area contributed by atoms with Gasteiger partial charge < -0.3 is 15.2 Å². The number of piperidine rings is 1. The van der Waals surface area contributed by atoms with Gasteiger partial charge >= 0.3 is 0 Å². The molecule has 1 aromatic heterocycles. The van der Waals surface area contributed by atoms with E-state index in [9.17, 15) is 4.79 Å². The number of fused-ring (bicyclic) bond motifs is 1. The molecule has 3 aromatic rings. The predicted octanol–water partition coefficient (Wildman–Crippen LogP) is 3.74. The molecule has 2 aromatic carbocycles. The number of nitrogens with one attached hydrogen (secondary N) is 2. The Bertz CT molecular complexity index is 1100. The molecular weight excluding hydrogens is 446 g/mol. The van der Waals surface area contributed by atoms with E-state index in [1.54, 1.807) is 0 Å². The maximum Gasteiger partial charge on any atom is 0.220 e. The highest BCUT2D eigenvalue weighted by Gasteiger charge is 2.34. The minimum Gasteiger partial charge on any atom is -0.361 e. The van der Waals surface area contributed by atoms with Gasteiger partial charge in [-0.3, -0.25) is 14.6 Å². The molecule has 192 valence electrons. The highest BCUT2D eigenvalue weighted by Crippen LogP contribution is 2.28. The Kier molecular flexibility index (Phi) is 8.36. The number of nitrogens with zero attached hydrogens (tertiary/aromatic N) is 3. The number of likely N-dealkylation sites (tertiary alicyclic amines) is 1. The van der Waals surface area contributed by atoms with Crippen LogP contribution in [0.2, 0.25) is 0 Å². The van der Waals surface area contributed by atoms with E-state index >= 15 is 0 Å². The van der Waals surface area contributed by atoms with Crippen LogP contribution in [0.15, 0.2) is 60.8 Å². The quantitative estimate of drug-likeness (QED) is 0.483. The summed E-state index contributed by atoms with van der Waals surface area (Å²) in [6, 6.07) is 19.7. The second-order valence-corrected chi connectivity index (χ2v) is 10.7. The summed E-state index contributed by atoms with van der Waals surface area (Å²) in [4.78, 5) is 23.9. The summed E-state index contributed by atoms with van der Waals surface area (Å²) in [6.45, 7) is 8.49. The Morgan fingerprint density at radius 3 is 2.61 bits per heavy atom. The van der Waals surface area contributed by atoms with Gasteiger partial charge in [0.15, 0.2) is 0 Å². The van der Waals surface area contributed by atoms with Crippen molar-refractivity contribution in [1.82, 2.24) is 25.0 Å². The van der Waals surface area contributed by atoms with Crippen molar-refractivity contribution >= 4 is 16.8 Å². The van der Waals surface area contributed by atoms with E-state index in [1.165, 1.54) is 22.9 Å². The zero-order valence-corrected chi connectivity index (χ0v) is 21.7. The largest absolute Gasteiger partial charge is 0.361 e. The Morgan fingerprint density at radius 2 is 1.78 bits per heavy atom. The van der Waals surface area contributed by atoms with Gasteiger partial charge in [-0.25, -0.2) is 0 Å². The molecule has 36 heavy (non-hydrogen) atoms. The van der Waals surface area contributed by atoms with Crippen molar-refractivity contribution in [2.75, 3.05) is 52.9 Å². The lowest BCUT2D eigenvalue weighted by atomic mass is 9.86. The fourth-order valence-electron chi connectivity index (χ4n) is 6.08. The molecule has 2 saturated heterocycles. The molecular formula is C30H41N5O. The smallest absolute Gasteiger partial charge is 0.220 e. The molecule has 1 amide bonds. The number of amides is 1. The summed E-state index contributed by atoms with van der Waals surface area (Å²) in [5, 5.41) is 4.44. The van der Waals surface area contributed by atoms with E-state index < -0.39 is 0 Å². The lowest BCUT2D eigenvalue weighted by Gasteiger charge is -2.46. The monoisotopic (exact) mass is 487 g/mol. The number of para-hydroxylation sites is 1. The van der Waals surface area contributed by atoms with Crippen LogP contribution in [0.3, 0.4) is 0 Å². The molecule has 0 bridgehead atoms. The molecule has 2 aliphatic rings. The van der Waals surface area contributed by atoms with Gasteiger partial charge in [0.25, 0.3) is 0 Å². The van der Waals surface area contributed by atoms with Crippen LogP contribution >= 0.6 is 0 Å². The van der Waals surface area contributed by atoms with E-state index in [1.807, 2.05) is 6.07 Å². The molecule has 0 unspecified atom stereocenters. The topological polar surface area (TPSA) is 54.6 Å². The zero-order valence-electron chi connectivity index (χ0n) is 21.7. The van der Waals surface area contributed by atoms with E-state index in [4.69, 9.17) is 0 Å². The van der Waals surface area contributed by atoms with Gasteiger partial charge in [-0.1, -0.05) is 48.5 Å². The van der Waals surface area contributed by atoms with Crippen molar-refractivity contribution in [1.29, 1.82) is 0 Å². The number of H-pyrrole nitrogens is 1. The maximum atomic E-state index is 12.8. The number of aromatic amines is 1. The van der Waals surface area contributed by atoms with Gasteiger partial charge in [-0.05, 0) is 56.0 Å². The van der Waals surface area contributed by atoms with Crippen LogP contribution in [-0.2, 0) is 17.8 Å². The third-order valence-electron chi connectivity index (χ3n) is 8.17. The second kappa shape index (κ2) is 12.0. The molecule has 2 aliphatic heterocycles. The summed E-state index contributed by atoms with van der Waals surface area (Å²) >= 11 is 0. The average molecular weight is 488 g/mol. The van der Waals surface area contributed by atoms with Crippen molar-refractivity contribution in [3.63, 3.8) is 0 Å². The number of benzene rings is 2. The first-order valence-corrected chi connectivity index (χ1v) is 13.7. The number of hydrogen-bond acceptors (Lipinski definition) is 4. The van der Waals surface area contributed by atoms with Crippen LogP contribution in [0.4, 0.5) is 0 Å². The van der Waals surface area contributed by atoms with Crippen LogP contribution in [0.5, 0.6) is 0 Å². The molecule has 0 radical (unpaired) electrons. The van der Waals surface area contributed by atoms with Gasteiger partial charge in [0.1, 0.15) is 0 Å². The SMILES string of the molecule is CN1CCN([C@@H]2CCN(Cc3ccccc3)C[C@@H]2CCC(=O)NCCc2c[nH]c3ccccc23)CC1. The third kappa shape index (κ3) is 6.36. The standard InChI is InChI=1S/C30H41N5O/c1-33-17-19-35(20-18-33)29-14-16-34(22-24-7-3-2-4-8-24)23-26(29)11-12-30(36)31-15-13-25-21-32-28-10-6-5-9-27(25)28/h2-10,21,26,29,32H,11-20,22-23H2,1H3,(H,31,36)/t26-,29+/m0/s1. The van der Waals surface area contributed by atoms with Crippen molar-refractivity contribution in [2.45, 2.75) is 38.3 Å². The number of carbonyl (C=O) groups is 1. The highest BCUT2D eigenvalue weighted by molar-refractivity contribution is 5.83. The second-order valence-electron chi connectivity index (χ2n) is 10.7. The van der Waals surface area contributed by atoms with Gasteiger partial charge in [-0.15, -0.1) is 0 Å². The lowest BCUT2D eigenvalue weighted by molar-refractivity contribution is -0.121. The van der Waals surface area contributed by atoms with Crippen LogP contribution in [0.25, 0.3) is 10.9 Å². The summed E-state index contributed by atoms with van der Waals surface area (Å²) in [5.74, 6) is 0.720. The van der Waals surface area contributed by atoms with Crippen LogP contribution in [-0.4, -0.2) is 84.5 Å². The van der Waals surface area contributed by atoms with Crippen molar-refractivity contribution in [3.05, 3.63) is 71.9 Å². The third-order valence-corrected chi connectivity index (χ3v) is 8.17. The van der Waals surface area contributed by atoms with E-state index in [2.05, 4.69) is 86.8 Å². The molecule has 3 heterocycles. The van der Waals surface area contributed by atoms with E-state index in [0.717, 1.165) is 64.2 Å².